The third kappa shape index (κ3) is 14.7. The van der Waals surface area contributed by atoms with Crippen LogP contribution in [-0.2, 0) is 4.57 Å². The van der Waals surface area contributed by atoms with Crippen LogP contribution in [0.25, 0.3) is 0 Å². The van der Waals surface area contributed by atoms with Gasteiger partial charge >= 0.3 is 7.60 Å². The van der Waals surface area contributed by atoms with Crippen molar-refractivity contribution >= 4 is 96.3 Å². The molecule has 4 nitrogen and oxygen atoms in total. The Balaban J connectivity index is -0.000000114. The van der Waals surface area contributed by atoms with Gasteiger partial charge in [-0.3, -0.25) is 4.57 Å². The zero-order chi connectivity index (χ0) is 13.9. The Morgan fingerprint density at radius 1 is 0.900 bits per heavy atom. The summed E-state index contributed by atoms with van der Waals surface area (Å²) in [4.78, 5) is 18.7. The smallest absolute Gasteiger partial charge is 0.331 e. The Bertz CT molecular complexity index is 221. The van der Waals surface area contributed by atoms with Gasteiger partial charge in [-0.15, -0.1) is 0 Å². The van der Waals surface area contributed by atoms with Crippen molar-refractivity contribution in [2.75, 3.05) is 6.61 Å². The monoisotopic (exact) mass is 337 g/mol. The molecule has 0 rings (SSSR count). The SMILES string of the molecule is CCCCCC(CC)(CC)P(=O)(O)O.CCO.[Na].[Na].[Na]. The normalized spacial score (nSPS) is 10.2. The Labute approximate surface area is 191 Å². The zero-order valence-corrected chi connectivity index (χ0v) is 21.5. The third-order valence-corrected chi connectivity index (χ3v) is 5.27. The average molecular weight is 337 g/mol. The molecule has 0 aromatic carbocycles. The molecule has 0 aliphatic heterocycles. The minimum absolute atomic E-state index is 0. The van der Waals surface area contributed by atoms with Crippen molar-refractivity contribution in [2.24, 2.45) is 0 Å². The molecule has 0 aromatic rings. The van der Waals surface area contributed by atoms with Gasteiger partial charge in [0.1, 0.15) is 0 Å². The Kier molecular flexibility index (Phi) is 34.7. The fraction of sp³-hybridized carbons (Fsp3) is 1.00. The molecule has 0 amide bonds. The molecule has 3 N–H and O–H groups in total. The molecule has 0 atom stereocenters. The molecule has 0 saturated carbocycles. The molecule has 0 fully saturated rings. The molecule has 0 heterocycles. The van der Waals surface area contributed by atoms with Gasteiger partial charge in [0.05, 0.1) is 5.16 Å². The Morgan fingerprint density at radius 2 is 1.25 bits per heavy atom. The first kappa shape index (κ1) is 34.4. The summed E-state index contributed by atoms with van der Waals surface area (Å²) in [6.45, 7) is 7.76. The summed E-state index contributed by atoms with van der Waals surface area (Å²) in [5.41, 5.74) is 0. The van der Waals surface area contributed by atoms with Crippen molar-refractivity contribution in [1.29, 1.82) is 0 Å². The molecule has 0 spiro atoms. The first-order valence-electron chi connectivity index (χ1n) is 6.51. The van der Waals surface area contributed by atoms with Gasteiger partial charge in [-0.25, -0.2) is 0 Å². The minimum atomic E-state index is -3.95. The van der Waals surface area contributed by atoms with E-state index in [9.17, 15) is 14.4 Å². The summed E-state index contributed by atoms with van der Waals surface area (Å²) in [6, 6.07) is 0. The van der Waals surface area contributed by atoms with Crippen LogP contribution in [0.1, 0.15) is 66.2 Å². The first-order chi connectivity index (χ1) is 7.85. The van der Waals surface area contributed by atoms with Crippen molar-refractivity contribution in [2.45, 2.75) is 71.4 Å². The summed E-state index contributed by atoms with van der Waals surface area (Å²) in [7, 11) is -3.95. The van der Waals surface area contributed by atoms with Crippen molar-refractivity contribution < 1.29 is 19.5 Å². The van der Waals surface area contributed by atoms with Crippen LogP contribution in [0.4, 0.5) is 0 Å². The first-order valence-corrected chi connectivity index (χ1v) is 8.12. The molecular formula is C12H29Na3O4P. The maximum absolute atomic E-state index is 11.4. The second-order valence-corrected chi connectivity index (χ2v) is 6.29. The zero-order valence-electron chi connectivity index (χ0n) is 14.6. The summed E-state index contributed by atoms with van der Waals surface area (Å²) < 4.78 is 11.4. The number of unbranched alkanes of at least 4 members (excludes halogenated alkanes) is 2. The van der Waals surface area contributed by atoms with Gasteiger partial charge < -0.3 is 14.9 Å². The number of rotatable bonds is 7. The number of aliphatic hydroxyl groups is 1. The van der Waals surface area contributed by atoms with Gasteiger partial charge in [-0.05, 0) is 26.2 Å². The molecule has 0 unspecified atom stereocenters. The van der Waals surface area contributed by atoms with Crippen LogP contribution >= 0.6 is 7.60 Å². The summed E-state index contributed by atoms with van der Waals surface area (Å²) in [6.07, 6.45) is 4.85. The number of hydrogen-bond acceptors (Lipinski definition) is 2. The maximum atomic E-state index is 11.4. The van der Waals surface area contributed by atoms with Crippen LogP contribution in [0.2, 0.25) is 0 Å². The van der Waals surface area contributed by atoms with Gasteiger partial charge in [0, 0.05) is 95.3 Å². The Hall–Kier alpha value is 3.11. The van der Waals surface area contributed by atoms with E-state index in [0.717, 1.165) is 19.3 Å². The Morgan fingerprint density at radius 3 is 1.45 bits per heavy atom. The van der Waals surface area contributed by atoms with E-state index in [1.165, 1.54) is 0 Å². The topological polar surface area (TPSA) is 77.8 Å². The number of aliphatic hydroxyl groups excluding tert-OH is 1. The molecule has 8 heteroatoms. The van der Waals surface area contributed by atoms with Crippen molar-refractivity contribution in [3.63, 3.8) is 0 Å². The van der Waals surface area contributed by atoms with Gasteiger partial charge in [0.2, 0.25) is 0 Å². The van der Waals surface area contributed by atoms with E-state index in [0.29, 0.717) is 19.3 Å². The van der Waals surface area contributed by atoms with Crippen molar-refractivity contribution in [1.82, 2.24) is 0 Å². The van der Waals surface area contributed by atoms with E-state index in [1.54, 1.807) is 6.92 Å². The van der Waals surface area contributed by atoms with E-state index in [2.05, 4.69) is 6.92 Å². The average Bonchev–Trinajstić information content (AvgIpc) is 2.24. The van der Waals surface area contributed by atoms with E-state index in [4.69, 9.17) is 5.11 Å². The largest absolute Gasteiger partial charge is 0.397 e. The second-order valence-electron chi connectivity index (χ2n) is 4.25. The summed E-state index contributed by atoms with van der Waals surface area (Å²) >= 11 is 0. The standard InChI is InChI=1S/C10H23O3P.C2H6O.3Na/c1-4-7-8-9-10(5-2,6-3)14(11,12)13;1-2-3;;;/h4-9H2,1-3H3,(H2,11,12,13);3H,2H2,1H3;;;. The molecule has 3 radical (unpaired) electrons. The summed E-state index contributed by atoms with van der Waals surface area (Å²) in [5, 5.41) is 6.81. The molecule has 0 aliphatic carbocycles. The molecule has 20 heavy (non-hydrogen) atoms. The van der Waals surface area contributed by atoms with Crippen molar-refractivity contribution in [3.8, 4) is 0 Å². The van der Waals surface area contributed by atoms with E-state index in [-0.39, 0.29) is 95.3 Å². The predicted molar refractivity (Wildman–Crippen MR) is 89.5 cm³/mol. The predicted octanol–water partition coefficient (Wildman–Crippen LogP) is 2.16. The molecule has 0 saturated heterocycles. The molecular weight excluding hydrogens is 308 g/mol. The van der Waals surface area contributed by atoms with Crippen LogP contribution in [0, 0.1) is 0 Å². The maximum Gasteiger partial charge on any atom is 0.331 e. The van der Waals surface area contributed by atoms with Crippen LogP contribution in [0.5, 0.6) is 0 Å². The molecule has 0 aromatic heterocycles. The van der Waals surface area contributed by atoms with Gasteiger partial charge in [0.15, 0.2) is 0 Å². The quantitative estimate of drug-likeness (QED) is 0.378. The molecule has 109 valence electrons. The second kappa shape index (κ2) is 20.2. The van der Waals surface area contributed by atoms with Crippen LogP contribution in [0.3, 0.4) is 0 Å². The summed E-state index contributed by atoms with van der Waals surface area (Å²) in [5.74, 6) is 0. The molecule has 0 bridgehead atoms. The van der Waals surface area contributed by atoms with Crippen LogP contribution < -0.4 is 0 Å². The van der Waals surface area contributed by atoms with E-state index < -0.39 is 12.8 Å². The fourth-order valence-electron chi connectivity index (χ4n) is 1.87. The van der Waals surface area contributed by atoms with E-state index in [1.807, 2.05) is 13.8 Å². The van der Waals surface area contributed by atoms with Crippen molar-refractivity contribution in [3.05, 3.63) is 0 Å². The van der Waals surface area contributed by atoms with Crippen LogP contribution in [-0.4, -0.2) is 115 Å². The van der Waals surface area contributed by atoms with E-state index >= 15 is 0 Å². The van der Waals surface area contributed by atoms with Gasteiger partial charge in [-0.1, -0.05) is 40.0 Å². The van der Waals surface area contributed by atoms with Crippen LogP contribution in [0.15, 0.2) is 0 Å². The van der Waals surface area contributed by atoms with Gasteiger partial charge in [0.25, 0.3) is 0 Å². The number of hydrogen-bond donors (Lipinski definition) is 3. The molecule has 0 aliphatic rings. The third-order valence-electron chi connectivity index (χ3n) is 3.18. The fourth-order valence-corrected chi connectivity index (χ4v) is 3.14. The van der Waals surface area contributed by atoms with Gasteiger partial charge in [-0.2, -0.15) is 0 Å². The minimum Gasteiger partial charge on any atom is -0.397 e.